The fraction of sp³-hybridized carbons (Fsp3) is 0.467. The number of aliphatic carboxylic acids is 1. The van der Waals surface area contributed by atoms with Crippen molar-refractivity contribution in [2.24, 2.45) is 5.92 Å². The molecule has 1 fully saturated rings. The molecule has 1 N–H and O–H groups in total. The van der Waals surface area contributed by atoms with E-state index in [1.165, 1.54) is 7.11 Å². The molecule has 6 nitrogen and oxygen atoms in total. The van der Waals surface area contributed by atoms with Gasteiger partial charge in [0.1, 0.15) is 11.5 Å². The van der Waals surface area contributed by atoms with E-state index in [0.29, 0.717) is 23.6 Å². The summed E-state index contributed by atoms with van der Waals surface area (Å²) < 4.78 is 10.5. The van der Waals surface area contributed by atoms with Gasteiger partial charge >= 0.3 is 5.97 Å². The molecule has 1 heterocycles. The molecule has 0 radical (unpaired) electrons. The van der Waals surface area contributed by atoms with E-state index >= 15 is 0 Å². The molecule has 0 saturated carbocycles. The fourth-order valence-electron chi connectivity index (χ4n) is 2.83. The Balaban J connectivity index is 2.50. The second kappa shape index (κ2) is 6.03. The van der Waals surface area contributed by atoms with Crippen molar-refractivity contribution in [1.29, 1.82) is 0 Å². The molecule has 0 unspecified atom stereocenters. The maximum atomic E-state index is 12.0. The largest absolute Gasteiger partial charge is 0.497 e. The molecule has 0 aliphatic carbocycles. The van der Waals surface area contributed by atoms with Gasteiger partial charge in [-0.15, -0.1) is 0 Å². The number of carboxylic acid groups (broad SMARTS) is 1. The van der Waals surface area contributed by atoms with E-state index in [1.54, 1.807) is 30.2 Å². The predicted molar refractivity (Wildman–Crippen MR) is 75.4 cm³/mol. The Labute approximate surface area is 123 Å². The molecule has 6 heteroatoms. The van der Waals surface area contributed by atoms with Crippen molar-refractivity contribution in [2.45, 2.75) is 19.4 Å². The van der Waals surface area contributed by atoms with E-state index in [-0.39, 0.29) is 12.3 Å². The number of methoxy groups -OCH3 is 2. The number of carboxylic acids is 1. The van der Waals surface area contributed by atoms with Crippen LogP contribution in [0.3, 0.4) is 0 Å². The number of carbonyl (C=O) groups excluding carboxylic acids is 1. The number of rotatable bonds is 5. The first-order valence-corrected chi connectivity index (χ1v) is 6.77. The normalized spacial score (nSPS) is 21.5. The van der Waals surface area contributed by atoms with Crippen LogP contribution in [0.15, 0.2) is 18.2 Å². The fourth-order valence-corrected chi connectivity index (χ4v) is 2.83. The third-order valence-electron chi connectivity index (χ3n) is 3.85. The van der Waals surface area contributed by atoms with Gasteiger partial charge < -0.3 is 19.5 Å². The quantitative estimate of drug-likeness (QED) is 0.894. The van der Waals surface area contributed by atoms with Crippen LogP contribution < -0.4 is 9.47 Å². The van der Waals surface area contributed by atoms with Gasteiger partial charge in [0.15, 0.2) is 0 Å². The number of ether oxygens (including phenoxy) is 2. The van der Waals surface area contributed by atoms with Gasteiger partial charge in [0.05, 0.1) is 26.2 Å². The Bertz CT molecular complexity index is 557. The zero-order valence-electron chi connectivity index (χ0n) is 12.3. The summed E-state index contributed by atoms with van der Waals surface area (Å²) in [7, 11) is 3.06. The summed E-state index contributed by atoms with van der Waals surface area (Å²) in [5, 5.41) is 9.40. The maximum Gasteiger partial charge on any atom is 0.309 e. The number of likely N-dealkylation sites (tertiary alicyclic amines) is 1. The van der Waals surface area contributed by atoms with Crippen molar-refractivity contribution in [1.82, 2.24) is 4.90 Å². The highest BCUT2D eigenvalue weighted by Gasteiger charge is 2.45. The van der Waals surface area contributed by atoms with Gasteiger partial charge in [-0.2, -0.15) is 0 Å². The van der Waals surface area contributed by atoms with Gasteiger partial charge in [-0.05, 0) is 19.1 Å². The number of nitrogens with zero attached hydrogens (tertiary/aromatic N) is 1. The summed E-state index contributed by atoms with van der Waals surface area (Å²) in [5.74, 6) is -0.733. The summed E-state index contributed by atoms with van der Waals surface area (Å²) in [6.45, 7) is 2.30. The van der Waals surface area contributed by atoms with Crippen LogP contribution in [-0.2, 0) is 9.59 Å². The molecule has 1 saturated heterocycles. The number of amides is 1. The lowest BCUT2D eigenvalue weighted by atomic mass is 9.93. The maximum absolute atomic E-state index is 12.0. The molecule has 21 heavy (non-hydrogen) atoms. The molecule has 1 aliphatic heterocycles. The van der Waals surface area contributed by atoms with Crippen molar-refractivity contribution in [3.8, 4) is 11.5 Å². The lowest BCUT2D eigenvalue weighted by molar-refractivity contribution is -0.142. The molecular formula is C15H19NO5. The second-order valence-corrected chi connectivity index (χ2v) is 4.88. The van der Waals surface area contributed by atoms with Crippen molar-refractivity contribution >= 4 is 11.9 Å². The molecule has 2 atom stereocenters. The minimum atomic E-state index is -0.970. The summed E-state index contributed by atoms with van der Waals surface area (Å²) in [4.78, 5) is 25.1. The van der Waals surface area contributed by atoms with Gasteiger partial charge in [0, 0.05) is 24.6 Å². The van der Waals surface area contributed by atoms with Crippen LogP contribution >= 0.6 is 0 Å². The highest BCUT2D eigenvalue weighted by molar-refractivity contribution is 5.87. The monoisotopic (exact) mass is 293 g/mol. The van der Waals surface area contributed by atoms with Crippen LogP contribution in [0.2, 0.25) is 0 Å². The molecule has 0 spiro atoms. The molecule has 1 aromatic carbocycles. The highest BCUT2D eigenvalue weighted by atomic mass is 16.5. The zero-order chi connectivity index (χ0) is 15.6. The van der Waals surface area contributed by atoms with Gasteiger partial charge in [0.25, 0.3) is 0 Å². The van der Waals surface area contributed by atoms with Crippen LogP contribution in [0, 0.1) is 5.92 Å². The van der Waals surface area contributed by atoms with Crippen LogP contribution in [0.4, 0.5) is 0 Å². The first-order chi connectivity index (χ1) is 10.0. The Hall–Kier alpha value is -2.24. The van der Waals surface area contributed by atoms with E-state index in [1.807, 2.05) is 6.92 Å². The van der Waals surface area contributed by atoms with Gasteiger partial charge in [-0.1, -0.05) is 0 Å². The predicted octanol–water partition coefficient (Wildman–Crippen LogP) is 1.70. The number of hydrogen-bond acceptors (Lipinski definition) is 4. The van der Waals surface area contributed by atoms with Crippen molar-refractivity contribution < 1.29 is 24.2 Å². The molecule has 1 aliphatic rings. The van der Waals surface area contributed by atoms with Gasteiger partial charge in [-0.3, -0.25) is 9.59 Å². The summed E-state index contributed by atoms with van der Waals surface area (Å²) in [6, 6.07) is 4.69. The smallest absolute Gasteiger partial charge is 0.309 e. The molecule has 0 aromatic heterocycles. The summed E-state index contributed by atoms with van der Waals surface area (Å²) in [5.41, 5.74) is 0.693. The van der Waals surface area contributed by atoms with E-state index in [4.69, 9.17) is 9.47 Å². The first-order valence-electron chi connectivity index (χ1n) is 6.77. The van der Waals surface area contributed by atoms with Gasteiger partial charge in [0.2, 0.25) is 5.91 Å². The molecule has 1 amide bonds. The first kappa shape index (κ1) is 15.2. The Kier molecular flexibility index (Phi) is 4.35. The van der Waals surface area contributed by atoms with Gasteiger partial charge in [-0.25, -0.2) is 0 Å². The molecule has 114 valence electrons. The number of carbonyl (C=O) groups is 2. The highest BCUT2D eigenvalue weighted by Crippen LogP contribution is 2.42. The molecule has 2 rings (SSSR count). The topological polar surface area (TPSA) is 76.1 Å². The lowest BCUT2D eigenvalue weighted by Gasteiger charge is -2.27. The minimum Gasteiger partial charge on any atom is -0.497 e. The van der Waals surface area contributed by atoms with Crippen molar-refractivity contribution in [2.75, 3.05) is 20.8 Å². The van der Waals surface area contributed by atoms with Crippen LogP contribution in [-0.4, -0.2) is 42.6 Å². The molecule has 0 bridgehead atoms. The summed E-state index contributed by atoms with van der Waals surface area (Å²) >= 11 is 0. The number of hydrogen-bond donors (Lipinski definition) is 1. The van der Waals surface area contributed by atoms with Crippen LogP contribution in [0.1, 0.15) is 24.9 Å². The Morgan fingerprint density at radius 3 is 2.62 bits per heavy atom. The molecule has 1 aromatic rings. The Morgan fingerprint density at radius 1 is 1.38 bits per heavy atom. The van der Waals surface area contributed by atoms with Crippen molar-refractivity contribution in [3.05, 3.63) is 23.8 Å². The van der Waals surface area contributed by atoms with Crippen LogP contribution in [0.25, 0.3) is 0 Å². The second-order valence-electron chi connectivity index (χ2n) is 4.88. The lowest BCUT2D eigenvalue weighted by Crippen LogP contribution is -2.30. The third-order valence-corrected chi connectivity index (χ3v) is 3.85. The van der Waals surface area contributed by atoms with Crippen LogP contribution in [0.5, 0.6) is 11.5 Å². The SMILES string of the molecule is CCN1C(=O)C[C@H](C(=O)O)[C@H]1c1ccc(OC)cc1OC. The average molecular weight is 293 g/mol. The average Bonchev–Trinajstić information content (AvgIpc) is 2.83. The standard InChI is InChI=1S/C15H19NO5/c1-4-16-13(17)8-11(15(18)19)14(16)10-6-5-9(20-2)7-12(10)21-3/h5-7,11,14H,4,8H2,1-3H3,(H,18,19)/t11-,14+/m0/s1. The van der Waals surface area contributed by atoms with Crippen molar-refractivity contribution in [3.63, 3.8) is 0 Å². The third kappa shape index (κ3) is 2.66. The van der Waals surface area contributed by atoms with E-state index in [9.17, 15) is 14.7 Å². The summed E-state index contributed by atoms with van der Waals surface area (Å²) in [6.07, 6.45) is 0.0169. The van der Waals surface area contributed by atoms with E-state index in [2.05, 4.69) is 0 Å². The Morgan fingerprint density at radius 2 is 2.10 bits per heavy atom. The molecular weight excluding hydrogens is 274 g/mol. The van der Waals surface area contributed by atoms with E-state index < -0.39 is 17.9 Å². The van der Waals surface area contributed by atoms with E-state index in [0.717, 1.165) is 0 Å². The minimum absolute atomic E-state index is 0.0169. The number of benzene rings is 1. The zero-order valence-corrected chi connectivity index (χ0v) is 12.3.